The van der Waals surface area contributed by atoms with E-state index in [4.69, 9.17) is 9.47 Å². The molecule has 0 spiro atoms. The summed E-state index contributed by atoms with van der Waals surface area (Å²) in [5, 5.41) is 0. The summed E-state index contributed by atoms with van der Waals surface area (Å²) >= 11 is 3.11. The monoisotopic (exact) mass is 414 g/mol. The van der Waals surface area contributed by atoms with Gasteiger partial charge in [-0.25, -0.2) is 0 Å². The lowest BCUT2D eigenvalue weighted by atomic mass is 10.3. The summed E-state index contributed by atoms with van der Waals surface area (Å²) in [6.07, 6.45) is 2.18. The number of amides is 1. The van der Waals surface area contributed by atoms with Gasteiger partial charge in [-0.15, -0.1) is 18.3 Å². The lowest BCUT2D eigenvalue weighted by molar-refractivity contribution is -0.117. The number of hydrogen-bond acceptors (Lipinski definition) is 5. The summed E-state index contributed by atoms with van der Waals surface area (Å²) in [4.78, 5) is 18.5. The quantitative estimate of drug-likeness (QED) is 0.402. The van der Waals surface area contributed by atoms with Crippen molar-refractivity contribution in [2.45, 2.75) is 17.9 Å². The van der Waals surface area contributed by atoms with Crippen molar-refractivity contribution in [3.63, 3.8) is 0 Å². The Morgan fingerprint density at radius 1 is 1.18 bits per heavy atom. The topological polar surface area (TPSA) is 52.8 Å². The van der Waals surface area contributed by atoms with Gasteiger partial charge < -0.3 is 14.0 Å². The highest BCUT2D eigenvalue weighted by molar-refractivity contribution is 7.99. The Bertz CT molecular complexity index is 1040. The largest absolute Gasteiger partial charge is 0.497 e. The first-order valence-corrected chi connectivity index (χ1v) is 10.6. The SMILES string of the molecule is C=CCn1c(=NC(=O)CCSc2ccc(OC)cc2)sc2cc(OC)ccc21. The summed E-state index contributed by atoms with van der Waals surface area (Å²) in [6.45, 7) is 4.41. The summed E-state index contributed by atoms with van der Waals surface area (Å²) in [7, 11) is 3.28. The minimum absolute atomic E-state index is 0.127. The number of methoxy groups -OCH3 is 2. The minimum atomic E-state index is -0.127. The van der Waals surface area contributed by atoms with Gasteiger partial charge in [0.1, 0.15) is 11.5 Å². The van der Waals surface area contributed by atoms with Gasteiger partial charge in [-0.3, -0.25) is 4.79 Å². The van der Waals surface area contributed by atoms with Crippen LogP contribution in [0.5, 0.6) is 11.5 Å². The smallest absolute Gasteiger partial charge is 0.249 e. The molecule has 3 rings (SSSR count). The molecular formula is C21H22N2O3S2. The maximum absolute atomic E-state index is 12.4. The van der Waals surface area contributed by atoms with Crippen molar-refractivity contribution in [2.24, 2.45) is 4.99 Å². The van der Waals surface area contributed by atoms with Crippen LogP contribution in [0.1, 0.15) is 6.42 Å². The van der Waals surface area contributed by atoms with Gasteiger partial charge in [0.25, 0.3) is 0 Å². The highest BCUT2D eigenvalue weighted by Crippen LogP contribution is 2.24. The standard InChI is InChI=1S/C21H22N2O3S2/c1-4-12-23-18-10-7-16(26-3)14-19(18)28-21(23)22-20(24)11-13-27-17-8-5-15(25-2)6-9-17/h4-10,14H,1,11-13H2,2-3H3. The van der Waals surface area contributed by atoms with Crippen LogP contribution in [0.25, 0.3) is 10.2 Å². The van der Waals surface area contributed by atoms with E-state index >= 15 is 0 Å². The zero-order valence-corrected chi connectivity index (χ0v) is 17.5. The molecule has 28 heavy (non-hydrogen) atoms. The molecule has 0 unspecified atom stereocenters. The normalized spacial score (nSPS) is 11.6. The van der Waals surface area contributed by atoms with Crippen LogP contribution in [0.4, 0.5) is 0 Å². The number of thiazole rings is 1. The van der Waals surface area contributed by atoms with Crippen LogP contribution in [-0.4, -0.2) is 30.4 Å². The zero-order valence-electron chi connectivity index (χ0n) is 15.9. The lowest BCUT2D eigenvalue weighted by Crippen LogP contribution is -2.16. The fraction of sp³-hybridized carbons (Fsp3) is 0.238. The minimum Gasteiger partial charge on any atom is -0.497 e. The molecule has 0 fully saturated rings. The van der Waals surface area contributed by atoms with Gasteiger partial charge in [0.05, 0.1) is 24.4 Å². The van der Waals surface area contributed by atoms with Crippen LogP contribution in [0, 0.1) is 0 Å². The second kappa shape index (κ2) is 9.61. The molecule has 0 saturated heterocycles. The molecule has 0 radical (unpaired) electrons. The van der Waals surface area contributed by atoms with E-state index in [0.29, 0.717) is 23.5 Å². The number of carbonyl (C=O) groups excluding carboxylic acids is 1. The van der Waals surface area contributed by atoms with Crippen LogP contribution in [0.2, 0.25) is 0 Å². The van der Waals surface area contributed by atoms with Gasteiger partial charge in [0.2, 0.25) is 5.91 Å². The van der Waals surface area contributed by atoms with Crippen molar-refractivity contribution in [2.75, 3.05) is 20.0 Å². The number of carbonyl (C=O) groups is 1. The average Bonchev–Trinajstić information content (AvgIpc) is 3.05. The third kappa shape index (κ3) is 4.85. The van der Waals surface area contributed by atoms with E-state index < -0.39 is 0 Å². The van der Waals surface area contributed by atoms with E-state index in [2.05, 4.69) is 11.6 Å². The molecule has 5 nitrogen and oxygen atoms in total. The van der Waals surface area contributed by atoms with Crippen LogP contribution < -0.4 is 14.3 Å². The summed E-state index contributed by atoms with van der Waals surface area (Å²) in [6, 6.07) is 13.7. The second-order valence-corrected chi connectivity index (χ2v) is 8.07. The third-order valence-corrected chi connectivity index (χ3v) is 6.12. The lowest BCUT2D eigenvalue weighted by Gasteiger charge is -2.03. The molecule has 7 heteroatoms. The molecule has 0 saturated carbocycles. The van der Waals surface area contributed by atoms with Crippen LogP contribution >= 0.6 is 23.1 Å². The second-order valence-electron chi connectivity index (χ2n) is 5.90. The highest BCUT2D eigenvalue weighted by Gasteiger charge is 2.08. The number of aromatic nitrogens is 1. The van der Waals surface area contributed by atoms with Gasteiger partial charge in [0, 0.05) is 23.6 Å². The van der Waals surface area contributed by atoms with Gasteiger partial charge in [-0.2, -0.15) is 4.99 Å². The van der Waals surface area contributed by atoms with Crippen molar-refractivity contribution >= 4 is 39.2 Å². The molecule has 1 heterocycles. The number of thioether (sulfide) groups is 1. The molecule has 0 N–H and O–H groups in total. The first-order chi connectivity index (χ1) is 13.6. The molecule has 0 aliphatic carbocycles. The predicted octanol–water partition coefficient (Wildman–Crippen LogP) is 4.52. The van der Waals surface area contributed by atoms with Crippen LogP contribution in [-0.2, 0) is 11.3 Å². The van der Waals surface area contributed by atoms with Crippen molar-refractivity contribution < 1.29 is 14.3 Å². The summed E-state index contributed by atoms with van der Waals surface area (Å²) in [5.41, 5.74) is 1.02. The Morgan fingerprint density at radius 2 is 1.89 bits per heavy atom. The Balaban J connectivity index is 1.73. The van der Waals surface area contributed by atoms with E-state index in [-0.39, 0.29) is 5.91 Å². The van der Waals surface area contributed by atoms with Crippen LogP contribution in [0.15, 0.2) is 65.0 Å². The van der Waals surface area contributed by atoms with Crippen molar-refractivity contribution in [1.82, 2.24) is 4.57 Å². The molecule has 1 aromatic heterocycles. The van der Waals surface area contributed by atoms with E-state index in [1.165, 1.54) is 11.3 Å². The average molecular weight is 415 g/mol. The van der Waals surface area contributed by atoms with E-state index in [1.54, 1.807) is 32.1 Å². The van der Waals surface area contributed by atoms with E-state index in [0.717, 1.165) is 26.6 Å². The van der Waals surface area contributed by atoms with Crippen LogP contribution in [0.3, 0.4) is 0 Å². The Hall–Kier alpha value is -2.51. The Labute approximate surface area is 172 Å². The van der Waals surface area contributed by atoms with E-state index in [1.807, 2.05) is 47.0 Å². The Kier molecular flexibility index (Phi) is 6.95. The summed E-state index contributed by atoms with van der Waals surface area (Å²) in [5.74, 6) is 2.16. The number of allylic oxidation sites excluding steroid dienone is 1. The van der Waals surface area contributed by atoms with Gasteiger partial charge >= 0.3 is 0 Å². The van der Waals surface area contributed by atoms with Gasteiger partial charge in [-0.05, 0) is 42.5 Å². The molecule has 0 aliphatic heterocycles. The van der Waals surface area contributed by atoms with Gasteiger partial charge in [0.15, 0.2) is 4.80 Å². The maximum Gasteiger partial charge on any atom is 0.249 e. The molecule has 146 valence electrons. The van der Waals surface area contributed by atoms with Crippen molar-refractivity contribution in [3.8, 4) is 11.5 Å². The van der Waals surface area contributed by atoms with Gasteiger partial charge in [-0.1, -0.05) is 17.4 Å². The number of nitrogens with zero attached hydrogens (tertiary/aromatic N) is 2. The molecule has 0 atom stereocenters. The predicted molar refractivity (Wildman–Crippen MR) is 115 cm³/mol. The Morgan fingerprint density at radius 3 is 2.57 bits per heavy atom. The summed E-state index contributed by atoms with van der Waals surface area (Å²) < 4.78 is 13.5. The number of benzene rings is 2. The third-order valence-electron chi connectivity index (χ3n) is 4.07. The molecule has 3 aromatic rings. The fourth-order valence-corrected chi connectivity index (χ4v) is 4.59. The first-order valence-electron chi connectivity index (χ1n) is 8.77. The number of rotatable bonds is 8. The van der Waals surface area contributed by atoms with E-state index in [9.17, 15) is 4.79 Å². The molecule has 2 aromatic carbocycles. The maximum atomic E-state index is 12.4. The van der Waals surface area contributed by atoms with Crippen molar-refractivity contribution in [1.29, 1.82) is 0 Å². The number of fused-ring (bicyclic) bond motifs is 1. The molecule has 1 amide bonds. The zero-order chi connectivity index (χ0) is 19.9. The molecule has 0 bridgehead atoms. The number of ether oxygens (including phenoxy) is 2. The first kappa shape index (κ1) is 20.2. The number of hydrogen-bond donors (Lipinski definition) is 0. The van der Waals surface area contributed by atoms with Crippen molar-refractivity contribution in [3.05, 3.63) is 59.9 Å². The highest BCUT2D eigenvalue weighted by atomic mass is 32.2. The molecule has 0 aliphatic rings. The fourth-order valence-electron chi connectivity index (χ4n) is 2.66. The molecular weight excluding hydrogens is 392 g/mol.